The maximum atomic E-state index is 10.8. The Morgan fingerprint density at radius 1 is 1.53 bits per heavy atom. The van der Waals surface area contributed by atoms with Crippen LogP contribution in [0.2, 0.25) is 0 Å². The highest BCUT2D eigenvalue weighted by molar-refractivity contribution is 7.46. The van der Waals surface area contributed by atoms with Gasteiger partial charge in [0, 0.05) is 12.3 Å². The molecule has 104 valence electrons. The highest BCUT2D eigenvalue weighted by atomic mass is 31.2. The SMILES string of the molecule is C/C=N/OCc1cc(OP(=O)(O)O)ccc1[N+](=O)[O-]. The van der Waals surface area contributed by atoms with E-state index < -0.39 is 12.7 Å². The number of nitro groups is 1. The van der Waals surface area contributed by atoms with Crippen molar-refractivity contribution in [3.63, 3.8) is 0 Å². The van der Waals surface area contributed by atoms with Crippen molar-refractivity contribution in [3.05, 3.63) is 33.9 Å². The topological polar surface area (TPSA) is 131 Å². The first-order valence-corrected chi connectivity index (χ1v) is 6.49. The van der Waals surface area contributed by atoms with Gasteiger partial charge in [0.15, 0.2) is 0 Å². The number of hydrogen-bond acceptors (Lipinski definition) is 6. The second kappa shape index (κ2) is 6.28. The summed E-state index contributed by atoms with van der Waals surface area (Å²) in [6, 6.07) is 3.27. The maximum absolute atomic E-state index is 10.8. The molecule has 0 aliphatic rings. The van der Waals surface area contributed by atoms with E-state index in [4.69, 9.17) is 14.6 Å². The molecule has 1 rings (SSSR count). The lowest BCUT2D eigenvalue weighted by Crippen LogP contribution is -1.98. The Bertz CT molecular complexity index is 539. The molecule has 1 aromatic carbocycles. The molecule has 0 aromatic heterocycles. The van der Waals surface area contributed by atoms with Crippen molar-refractivity contribution in [1.29, 1.82) is 0 Å². The fraction of sp³-hybridized carbons (Fsp3) is 0.222. The Morgan fingerprint density at radius 3 is 2.74 bits per heavy atom. The zero-order chi connectivity index (χ0) is 14.5. The lowest BCUT2D eigenvalue weighted by Gasteiger charge is -2.08. The minimum Gasteiger partial charge on any atom is -0.404 e. The average molecular weight is 290 g/mol. The molecule has 0 radical (unpaired) electrons. The number of benzene rings is 1. The van der Waals surface area contributed by atoms with E-state index in [-0.39, 0.29) is 23.6 Å². The van der Waals surface area contributed by atoms with Crippen LogP contribution in [0, 0.1) is 10.1 Å². The van der Waals surface area contributed by atoms with Crippen molar-refractivity contribution in [2.75, 3.05) is 0 Å². The molecule has 0 atom stereocenters. The molecule has 0 unspecified atom stereocenters. The van der Waals surface area contributed by atoms with Gasteiger partial charge in [-0.3, -0.25) is 19.9 Å². The maximum Gasteiger partial charge on any atom is 0.524 e. The Hall–Kier alpha value is -1.96. The van der Waals surface area contributed by atoms with Crippen LogP contribution in [0.1, 0.15) is 12.5 Å². The monoisotopic (exact) mass is 290 g/mol. The standard InChI is InChI=1S/C9H11N2O7P/c1-2-10-17-6-7-5-8(18-19(14,15)16)3-4-9(7)11(12)13/h2-5H,6H2,1H3,(H2,14,15,16)/b10-2+. The van der Waals surface area contributed by atoms with Gasteiger partial charge in [0.05, 0.1) is 10.5 Å². The molecule has 2 N–H and O–H groups in total. The number of rotatable bonds is 6. The molecule has 0 saturated heterocycles. The molecule has 0 heterocycles. The van der Waals surface area contributed by atoms with Crippen molar-refractivity contribution < 1.29 is 28.6 Å². The first-order chi connectivity index (χ1) is 8.83. The van der Waals surface area contributed by atoms with Gasteiger partial charge in [0.2, 0.25) is 0 Å². The summed E-state index contributed by atoms with van der Waals surface area (Å²) in [5.41, 5.74) is -0.175. The summed E-state index contributed by atoms with van der Waals surface area (Å²) in [7, 11) is -4.72. The van der Waals surface area contributed by atoms with Crippen LogP contribution >= 0.6 is 7.82 Å². The summed E-state index contributed by atoms with van der Waals surface area (Å²) < 4.78 is 15.0. The van der Waals surface area contributed by atoms with Gasteiger partial charge >= 0.3 is 7.82 Å². The lowest BCUT2D eigenvalue weighted by molar-refractivity contribution is -0.386. The van der Waals surface area contributed by atoms with Crippen LogP contribution in [0.4, 0.5) is 5.69 Å². The van der Waals surface area contributed by atoms with Crippen LogP contribution in [0.15, 0.2) is 23.4 Å². The zero-order valence-electron chi connectivity index (χ0n) is 9.79. The smallest absolute Gasteiger partial charge is 0.404 e. The van der Waals surface area contributed by atoms with E-state index in [1.54, 1.807) is 6.92 Å². The summed E-state index contributed by atoms with van der Waals surface area (Å²) in [5.74, 6) is -0.196. The average Bonchev–Trinajstić information content (AvgIpc) is 2.27. The molecule has 10 heteroatoms. The third-order valence-electron chi connectivity index (χ3n) is 1.87. The van der Waals surface area contributed by atoms with Crippen LogP contribution in [-0.4, -0.2) is 20.9 Å². The number of phosphoric acid groups is 1. The predicted molar refractivity (Wildman–Crippen MR) is 64.7 cm³/mol. The predicted octanol–water partition coefficient (Wildman–Crippen LogP) is 1.59. The number of oxime groups is 1. The van der Waals surface area contributed by atoms with Gasteiger partial charge in [-0.05, 0) is 19.1 Å². The quantitative estimate of drug-likeness (QED) is 0.352. The van der Waals surface area contributed by atoms with Crippen molar-refractivity contribution in [3.8, 4) is 5.75 Å². The van der Waals surface area contributed by atoms with Crippen LogP contribution in [0.25, 0.3) is 0 Å². The largest absolute Gasteiger partial charge is 0.524 e. The van der Waals surface area contributed by atoms with E-state index >= 15 is 0 Å². The molecular weight excluding hydrogens is 279 g/mol. The van der Waals surface area contributed by atoms with E-state index in [2.05, 4.69) is 9.68 Å². The molecule has 0 aliphatic carbocycles. The Labute approximate surface area is 107 Å². The molecule has 0 spiro atoms. The number of phosphoric ester groups is 1. The van der Waals surface area contributed by atoms with Crippen molar-refractivity contribution in [1.82, 2.24) is 0 Å². The second-order valence-corrected chi connectivity index (χ2v) is 4.43. The summed E-state index contributed by atoms with van der Waals surface area (Å²) in [6.07, 6.45) is 1.35. The molecule has 9 nitrogen and oxygen atoms in total. The zero-order valence-corrected chi connectivity index (χ0v) is 10.7. The molecule has 0 saturated carbocycles. The number of hydrogen-bond donors (Lipinski definition) is 2. The fourth-order valence-electron chi connectivity index (χ4n) is 1.23. The number of nitro benzene ring substituents is 1. The van der Waals surface area contributed by atoms with Crippen LogP contribution < -0.4 is 4.52 Å². The van der Waals surface area contributed by atoms with Gasteiger partial charge in [-0.25, -0.2) is 4.57 Å². The van der Waals surface area contributed by atoms with Crippen molar-refractivity contribution >= 4 is 19.7 Å². The third-order valence-corrected chi connectivity index (χ3v) is 2.32. The van der Waals surface area contributed by atoms with E-state index in [1.807, 2.05) is 0 Å². The van der Waals surface area contributed by atoms with Crippen molar-refractivity contribution in [2.45, 2.75) is 13.5 Å². The highest BCUT2D eigenvalue weighted by Crippen LogP contribution is 2.38. The summed E-state index contributed by atoms with van der Waals surface area (Å²) in [6.45, 7) is 1.38. The second-order valence-electron chi connectivity index (χ2n) is 3.27. The van der Waals surface area contributed by atoms with Gasteiger partial charge in [-0.1, -0.05) is 5.16 Å². The lowest BCUT2D eigenvalue weighted by atomic mass is 10.2. The van der Waals surface area contributed by atoms with Crippen molar-refractivity contribution in [2.24, 2.45) is 5.16 Å². The Balaban J connectivity index is 3.03. The highest BCUT2D eigenvalue weighted by Gasteiger charge is 2.20. The first-order valence-electron chi connectivity index (χ1n) is 4.96. The molecular formula is C9H11N2O7P. The van der Waals surface area contributed by atoms with Gasteiger partial charge < -0.3 is 9.36 Å². The van der Waals surface area contributed by atoms with Crippen LogP contribution in [0.5, 0.6) is 5.75 Å². The fourth-order valence-corrected chi connectivity index (χ4v) is 1.62. The molecule has 0 bridgehead atoms. The van der Waals surface area contributed by atoms with Crippen LogP contribution in [0.3, 0.4) is 0 Å². The molecule has 1 aromatic rings. The van der Waals surface area contributed by atoms with E-state index in [0.29, 0.717) is 0 Å². The van der Waals surface area contributed by atoms with Gasteiger partial charge in [-0.15, -0.1) is 0 Å². The molecule has 19 heavy (non-hydrogen) atoms. The van der Waals surface area contributed by atoms with E-state index in [9.17, 15) is 14.7 Å². The summed E-state index contributed by atoms with van der Waals surface area (Å²) in [4.78, 5) is 32.2. The van der Waals surface area contributed by atoms with Gasteiger partial charge in [0.1, 0.15) is 12.4 Å². The summed E-state index contributed by atoms with van der Waals surface area (Å²) in [5, 5.41) is 14.2. The number of nitrogens with zero attached hydrogens (tertiary/aromatic N) is 2. The van der Waals surface area contributed by atoms with Crippen LogP contribution in [-0.2, 0) is 16.0 Å². The molecule has 0 aliphatic heterocycles. The minimum atomic E-state index is -4.72. The van der Waals surface area contributed by atoms with E-state index in [1.165, 1.54) is 6.21 Å². The Kier molecular flexibility index (Phi) is 4.99. The first kappa shape index (κ1) is 15.1. The molecule has 0 amide bonds. The third kappa shape index (κ3) is 5.04. The normalized spacial score (nSPS) is 11.5. The summed E-state index contributed by atoms with van der Waals surface area (Å²) >= 11 is 0. The minimum absolute atomic E-state index is 0.0848. The molecule has 0 fully saturated rings. The van der Waals surface area contributed by atoms with Gasteiger partial charge in [0.25, 0.3) is 5.69 Å². The Morgan fingerprint density at radius 2 is 2.21 bits per heavy atom. The van der Waals surface area contributed by atoms with E-state index in [0.717, 1.165) is 18.2 Å². The van der Waals surface area contributed by atoms with Gasteiger partial charge in [-0.2, -0.15) is 0 Å².